The third kappa shape index (κ3) is 3.01. The first-order valence-electron chi connectivity index (χ1n) is 7.50. The number of amides is 1. The van der Waals surface area contributed by atoms with Gasteiger partial charge in [-0.3, -0.25) is 9.89 Å². The fourth-order valence-electron chi connectivity index (χ4n) is 3.12. The minimum atomic E-state index is 0.0386. The van der Waals surface area contributed by atoms with Crippen LogP contribution in [0.15, 0.2) is 18.3 Å². The highest BCUT2D eigenvalue weighted by Crippen LogP contribution is 2.29. The van der Waals surface area contributed by atoms with Gasteiger partial charge in [-0.05, 0) is 38.3 Å². The highest BCUT2D eigenvalue weighted by Gasteiger charge is 2.24. The quantitative estimate of drug-likeness (QED) is 0.912. The molecule has 1 amide bonds. The number of nitrogens with one attached hydrogen (secondary N) is 2. The average molecular weight is 287 g/mol. The summed E-state index contributed by atoms with van der Waals surface area (Å²) in [5.41, 5.74) is 2.14. The van der Waals surface area contributed by atoms with Gasteiger partial charge in [0.1, 0.15) is 11.9 Å². The zero-order valence-corrected chi connectivity index (χ0v) is 12.5. The van der Waals surface area contributed by atoms with E-state index in [0.29, 0.717) is 0 Å². The molecule has 5 heteroatoms. The minimum absolute atomic E-state index is 0.0386. The maximum absolute atomic E-state index is 11.2. The summed E-state index contributed by atoms with van der Waals surface area (Å²) in [7, 11) is 0. The molecule has 112 valence electrons. The number of hydrogen-bond acceptors (Lipinski definition) is 3. The van der Waals surface area contributed by atoms with E-state index in [1.807, 2.05) is 18.3 Å². The van der Waals surface area contributed by atoms with Gasteiger partial charge in [-0.25, -0.2) is 0 Å². The van der Waals surface area contributed by atoms with Gasteiger partial charge in [-0.15, -0.1) is 0 Å². The van der Waals surface area contributed by atoms with Crippen LogP contribution in [0.2, 0.25) is 0 Å². The molecule has 0 saturated heterocycles. The lowest BCUT2D eigenvalue weighted by molar-refractivity contribution is -0.120. The van der Waals surface area contributed by atoms with Crippen molar-refractivity contribution in [3.05, 3.63) is 23.9 Å². The Morgan fingerprint density at radius 3 is 3.10 bits per heavy atom. The van der Waals surface area contributed by atoms with Crippen molar-refractivity contribution < 1.29 is 9.53 Å². The number of fused-ring (bicyclic) bond motifs is 1. The number of benzene rings is 1. The number of aromatic amines is 1. The molecule has 0 aliphatic heterocycles. The molecule has 1 aromatic carbocycles. The lowest BCUT2D eigenvalue weighted by Gasteiger charge is -2.30. The topological polar surface area (TPSA) is 67.0 Å². The number of rotatable bonds is 3. The van der Waals surface area contributed by atoms with Crippen LogP contribution in [0.3, 0.4) is 0 Å². The molecule has 2 atom stereocenters. The Hall–Kier alpha value is -2.04. The summed E-state index contributed by atoms with van der Waals surface area (Å²) in [6, 6.07) is 4.23. The third-order valence-corrected chi connectivity index (χ3v) is 4.17. The van der Waals surface area contributed by atoms with Gasteiger partial charge in [0, 0.05) is 30.3 Å². The molecule has 0 spiro atoms. The first-order valence-corrected chi connectivity index (χ1v) is 7.50. The van der Waals surface area contributed by atoms with Crippen LogP contribution in [-0.4, -0.2) is 28.3 Å². The zero-order chi connectivity index (χ0) is 14.8. The number of carbonyl (C=O) groups excluding carboxylic acids is 1. The Kier molecular flexibility index (Phi) is 3.82. The van der Waals surface area contributed by atoms with E-state index in [2.05, 4.69) is 22.4 Å². The molecule has 5 nitrogen and oxygen atoms in total. The number of hydrogen-bond donors (Lipinski definition) is 2. The second-order valence-corrected chi connectivity index (χ2v) is 5.82. The molecule has 1 aliphatic rings. The predicted octanol–water partition coefficient (Wildman–Crippen LogP) is 2.70. The molecule has 1 aromatic heterocycles. The van der Waals surface area contributed by atoms with E-state index in [-0.39, 0.29) is 18.1 Å². The number of aromatic nitrogens is 2. The lowest BCUT2D eigenvalue weighted by atomic mass is 9.92. The molecule has 0 unspecified atom stereocenters. The molecule has 1 saturated carbocycles. The molecule has 0 bridgehead atoms. The molecule has 3 rings (SSSR count). The maximum Gasteiger partial charge on any atom is 0.217 e. The van der Waals surface area contributed by atoms with Gasteiger partial charge in [0.25, 0.3) is 0 Å². The van der Waals surface area contributed by atoms with Crippen molar-refractivity contribution in [1.29, 1.82) is 0 Å². The highest BCUT2D eigenvalue weighted by atomic mass is 16.5. The number of ether oxygens (including phenoxy) is 1. The number of nitrogens with zero attached hydrogens (tertiary/aromatic N) is 1. The SMILES string of the molecule is CC(=O)N[C@H]1CCC[C@H](Oc2ccc3[nH]ncc3c2C)C1. The van der Waals surface area contributed by atoms with E-state index in [0.717, 1.165) is 47.9 Å². The van der Waals surface area contributed by atoms with E-state index in [1.165, 1.54) is 0 Å². The summed E-state index contributed by atoms with van der Waals surface area (Å²) in [4.78, 5) is 11.2. The van der Waals surface area contributed by atoms with E-state index < -0.39 is 0 Å². The van der Waals surface area contributed by atoms with Crippen LogP contribution in [0.25, 0.3) is 10.9 Å². The van der Waals surface area contributed by atoms with Crippen molar-refractivity contribution in [3.8, 4) is 5.75 Å². The van der Waals surface area contributed by atoms with Crippen molar-refractivity contribution in [3.63, 3.8) is 0 Å². The van der Waals surface area contributed by atoms with E-state index in [1.54, 1.807) is 6.92 Å². The van der Waals surface area contributed by atoms with Gasteiger partial charge in [0.2, 0.25) is 5.91 Å². The molecule has 1 fully saturated rings. The third-order valence-electron chi connectivity index (χ3n) is 4.17. The van der Waals surface area contributed by atoms with Gasteiger partial charge in [0.05, 0.1) is 11.7 Å². The average Bonchev–Trinajstić information content (AvgIpc) is 2.91. The summed E-state index contributed by atoms with van der Waals surface area (Å²) in [6.07, 6.45) is 6.04. The van der Waals surface area contributed by atoms with Crippen molar-refractivity contribution in [2.24, 2.45) is 0 Å². The molecule has 2 N–H and O–H groups in total. The van der Waals surface area contributed by atoms with Gasteiger partial charge in [-0.1, -0.05) is 0 Å². The fourth-order valence-corrected chi connectivity index (χ4v) is 3.12. The van der Waals surface area contributed by atoms with Crippen LogP contribution >= 0.6 is 0 Å². The van der Waals surface area contributed by atoms with Crippen LogP contribution in [0.1, 0.15) is 38.2 Å². The Morgan fingerprint density at radius 1 is 1.43 bits per heavy atom. The summed E-state index contributed by atoms with van der Waals surface area (Å²) >= 11 is 0. The Bertz CT molecular complexity index is 650. The van der Waals surface area contributed by atoms with Gasteiger partial charge < -0.3 is 10.1 Å². The van der Waals surface area contributed by atoms with Crippen molar-refractivity contribution in [1.82, 2.24) is 15.5 Å². The van der Waals surface area contributed by atoms with E-state index >= 15 is 0 Å². The monoisotopic (exact) mass is 287 g/mol. The Labute approximate surface area is 124 Å². The second kappa shape index (κ2) is 5.76. The van der Waals surface area contributed by atoms with Gasteiger partial charge in [-0.2, -0.15) is 5.10 Å². The summed E-state index contributed by atoms with van der Waals surface area (Å²) in [5, 5.41) is 11.1. The smallest absolute Gasteiger partial charge is 0.217 e. The van der Waals surface area contributed by atoms with Gasteiger partial charge >= 0.3 is 0 Å². The van der Waals surface area contributed by atoms with E-state index in [9.17, 15) is 4.79 Å². The van der Waals surface area contributed by atoms with Crippen molar-refractivity contribution in [2.45, 2.75) is 51.7 Å². The van der Waals surface area contributed by atoms with Crippen LogP contribution < -0.4 is 10.1 Å². The highest BCUT2D eigenvalue weighted by molar-refractivity contribution is 5.83. The molecular weight excluding hydrogens is 266 g/mol. The van der Waals surface area contributed by atoms with Crippen LogP contribution in [-0.2, 0) is 4.79 Å². The minimum Gasteiger partial charge on any atom is -0.490 e. The Balaban J connectivity index is 1.72. The normalized spacial score (nSPS) is 22.2. The van der Waals surface area contributed by atoms with Gasteiger partial charge in [0.15, 0.2) is 0 Å². The summed E-state index contributed by atoms with van der Waals surface area (Å²) in [5.74, 6) is 0.953. The van der Waals surface area contributed by atoms with Crippen molar-refractivity contribution in [2.75, 3.05) is 0 Å². The molecule has 21 heavy (non-hydrogen) atoms. The standard InChI is InChI=1S/C16H21N3O2/c1-10-14-9-17-19-15(14)6-7-16(10)21-13-5-3-4-12(8-13)18-11(2)20/h6-7,9,12-13H,3-5,8H2,1-2H3,(H,17,19)(H,18,20)/t12-,13-/m0/s1. The zero-order valence-electron chi connectivity index (χ0n) is 12.5. The largest absolute Gasteiger partial charge is 0.490 e. The van der Waals surface area contributed by atoms with Crippen molar-refractivity contribution >= 4 is 16.8 Å². The number of H-pyrrole nitrogens is 1. The fraction of sp³-hybridized carbons (Fsp3) is 0.500. The first-order chi connectivity index (χ1) is 10.1. The maximum atomic E-state index is 11.2. The number of carbonyl (C=O) groups is 1. The summed E-state index contributed by atoms with van der Waals surface area (Å²) in [6.45, 7) is 3.63. The van der Waals surface area contributed by atoms with Crippen LogP contribution in [0.5, 0.6) is 5.75 Å². The Morgan fingerprint density at radius 2 is 2.29 bits per heavy atom. The molecule has 2 aromatic rings. The molecule has 0 radical (unpaired) electrons. The second-order valence-electron chi connectivity index (χ2n) is 5.82. The van der Waals surface area contributed by atoms with Crippen LogP contribution in [0.4, 0.5) is 0 Å². The molecular formula is C16H21N3O2. The molecule has 1 heterocycles. The van der Waals surface area contributed by atoms with Crippen LogP contribution in [0, 0.1) is 6.92 Å². The predicted molar refractivity (Wildman–Crippen MR) is 81.3 cm³/mol. The summed E-state index contributed by atoms with van der Waals surface area (Å²) < 4.78 is 6.18. The first kappa shape index (κ1) is 13.9. The van der Waals surface area contributed by atoms with E-state index in [4.69, 9.17) is 4.74 Å². The number of aryl methyl sites for hydroxylation is 1. The lowest BCUT2D eigenvalue weighted by Crippen LogP contribution is -2.40. The molecule has 1 aliphatic carbocycles.